The minimum atomic E-state index is -0.942. The third kappa shape index (κ3) is 4.94. The van der Waals surface area contributed by atoms with Crippen molar-refractivity contribution in [3.05, 3.63) is 77.5 Å². The third-order valence-corrected chi connectivity index (χ3v) is 4.81. The number of hydrogen-bond acceptors (Lipinski definition) is 3. The fourth-order valence-electron chi connectivity index (χ4n) is 3.03. The van der Waals surface area contributed by atoms with Crippen LogP contribution in [0.5, 0.6) is 0 Å². The van der Waals surface area contributed by atoms with Gasteiger partial charge in [0.05, 0.1) is 12.1 Å². The predicted octanol–water partition coefficient (Wildman–Crippen LogP) is 3.50. The number of nitrogens with one attached hydrogen (secondary N) is 2. The lowest BCUT2D eigenvalue weighted by Crippen LogP contribution is -2.35. The summed E-state index contributed by atoms with van der Waals surface area (Å²) < 4.78 is 1.47. The number of aryl methyl sites for hydroxylation is 3. The van der Waals surface area contributed by atoms with E-state index in [-0.39, 0.29) is 12.8 Å². The summed E-state index contributed by atoms with van der Waals surface area (Å²) in [4.78, 5) is 36.0. The van der Waals surface area contributed by atoms with E-state index >= 15 is 0 Å². The second-order valence-electron chi connectivity index (χ2n) is 7.00. The summed E-state index contributed by atoms with van der Waals surface area (Å²) in [7, 11) is 0. The van der Waals surface area contributed by atoms with Crippen LogP contribution in [0.3, 0.4) is 0 Å². The summed E-state index contributed by atoms with van der Waals surface area (Å²) in [5, 5.41) is 11.6. The van der Waals surface area contributed by atoms with Crippen molar-refractivity contribution in [3.63, 3.8) is 0 Å². The number of carbonyl (C=O) groups is 3. The van der Waals surface area contributed by atoms with Gasteiger partial charge in [0, 0.05) is 23.4 Å². The Kier molecular flexibility index (Phi) is 6.32. The van der Waals surface area contributed by atoms with E-state index in [2.05, 4.69) is 10.7 Å². The van der Waals surface area contributed by atoms with E-state index in [1.807, 2.05) is 50.2 Å². The number of carbonyl (C=O) groups excluding carboxylic acids is 2. The molecule has 7 nitrogen and oxygen atoms in total. The first-order chi connectivity index (χ1) is 14.3. The van der Waals surface area contributed by atoms with Gasteiger partial charge in [-0.1, -0.05) is 36.4 Å². The van der Waals surface area contributed by atoms with Gasteiger partial charge in [-0.05, 0) is 49.2 Å². The second-order valence-corrected chi connectivity index (χ2v) is 7.00. The standard InChI is InChI=1S/C23H23N3O4/c1-15-8-9-18(14-16(15)2)24-22(29)23(30)25-26-19(11-13-21(27)28)10-12-20(26)17-6-4-3-5-7-17/h3-10,12,14H,11,13H2,1-2H3,(H,24,29)(H,25,30)(H,27,28). The van der Waals surface area contributed by atoms with Gasteiger partial charge in [0.15, 0.2) is 0 Å². The first-order valence-electron chi connectivity index (χ1n) is 9.52. The molecule has 0 aliphatic rings. The summed E-state index contributed by atoms with van der Waals surface area (Å²) in [6.45, 7) is 3.88. The molecule has 0 radical (unpaired) electrons. The van der Waals surface area contributed by atoms with Crippen molar-refractivity contribution in [2.45, 2.75) is 26.7 Å². The average molecular weight is 405 g/mol. The molecule has 154 valence electrons. The zero-order chi connectivity index (χ0) is 21.7. The highest BCUT2D eigenvalue weighted by Crippen LogP contribution is 2.22. The number of carboxylic acids is 1. The second kappa shape index (κ2) is 9.09. The van der Waals surface area contributed by atoms with Crippen LogP contribution in [0.15, 0.2) is 60.7 Å². The Labute approximate surface area is 174 Å². The van der Waals surface area contributed by atoms with E-state index in [9.17, 15) is 14.4 Å². The number of aromatic nitrogens is 1. The maximum Gasteiger partial charge on any atom is 0.328 e. The van der Waals surface area contributed by atoms with Crippen LogP contribution in [0, 0.1) is 13.8 Å². The molecule has 0 bridgehead atoms. The highest BCUT2D eigenvalue weighted by atomic mass is 16.4. The summed E-state index contributed by atoms with van der Waals surface area (Å²) in [6, 6.07) is 18.3. The van der Waals surface area contributed by atoms with Gasteiger partial charge in [0.1, 0.15) is 0 Å². The molecule has 7 heteroatoms. The first-order valence-corrected chi connectivity index (χ1v) is 9.52. The Balaban J connectivity index is 1.83. The molecule has 0 unspecified atom stereocenters. The quantitative estimate of drug-likeness (QED) is 0.547. The largest absolute Gasteiger partial charge is 0.481 e. The van der Waals surface area contributed by atoms with E-state index < -0.39 is 17.8 Å². The molecule has 0 fully saturated rings. The van der Waals surface area contributed by atoms with Gasteiger partial charge >= 0.3 is 17.8 Å². The van der Waals surface area contributed by atoms with Crippen LogP contribution >= 0.6 is 0 Å². The zero-order valence-electron chi connectivity index (χ0n) is 16.8. The van der Waals surface area contributed by atoms with Crippen molar-refractivity contribution in [2.75, 3.05) is 10.7 Å². The topological polar surface area (TPSA) is 100 Å². The van der Waals surface area contributed by atoms with Crippen LogP contribution in [0.25, 0.3) is 11.3 Å². The van der Waals surface area contributed by atoms with Crippen molar-refractivity contribution < 1.29 is 19.5 Å². The molecule has 0 aliphatic heterocycles. The highest BCUT2D eigenvalue weighted by molar-refractivity contribution is 6.42. The van der Waals surface area contributed by atoms with Crippen LogP contribution in [0.1, 0.15) is 23.2 Å². The summed E-state index contributed by atoms with van der Waals surface area (Å²) >= 11 is 0. The number of carboxylic acid groups (broad SMARTS) is 1. The third-order valence-electron chi connectivity index (χ3n) is 4.81. The molecule has 0 saturated carbocycles. The molecule has 0 atom stereocenters. The van der Waals surface area contributed by atoms with Crippen LogP contribution in [-0.2, 0) is 20.8 Å². The predicted molar refractivity (Wildman–Crippen MR) is 115 cm³/mol. The molecule has 3 N–H and O–H groups in total. The van der Waals surface area contributed by atoms with Crippen LogP contribution < -0.4 is 10.7 Å². The van der Waals surface area contributed by atoms with E-state index in [1.54, 1.807) is 24.3 Å². The van der Waals surface area contributed by atoms with Gasteiger partial charge in [-0.15, -0.1) is 0 Å². The fourth-order valence-corrected chi connectivity index (χ4v) is 3.03. The smallest absolute Gasteiger partial charge is 0.328 e. The molecular weight excluding hydrogens is 382 g/mol. The minimum Gasteiger partial charge on any atom is -0.481 e. The Morgan fingerprint density at radius 2 is 1.63 bits per heavy atom. The molecule has 2 amide bonds. The van der Waals surface area contributed by atoms with Crippen molar-refractivity contribution in [1.82, 2.24) is 4.68 Å². The van der Waals surface area contributed by atoms with Crippen LogP contribution in [0.4, 0.5) is 5.69 Å². The summed E-state index contributed by atoms with van der Waals surface area (Å²) in [5.41, 5.74) is 7.28. The van der Waals surface area contributed by atoms with Crippen molar-refractivity contribution >= 4 is 23.5 Å². The summed E-state index contributed by atoms with van der Waals surface area (Å²) in [5.74, 6) is -2.60. The maximum absolute atomic E-state index is 12.6. The van der Waals surface area contributed by atoms with Gasteiger partial charge in [-0.2, -0.15) is 0 Å². The van der Waals surface area contributed by atoms with Crippen molar-refractivity contribution in [3.8, 4) is 11.3 Å². The van der Waals surface area contributed by atoms with Crippen molar-refractivity contribution in [1.29, 1.82) is 0 Å². The molecule has 1 aromatic heterocycles. The van der Waals surface area contributed by atoms with Crippen LogP contribution in [0.2, 0.25) is 0 Å². The monoisotopic (exact) mass is 405 g/mol. The number of hydrogen-bond donors (Lipinski definition) is 3. The van der Waals surface area contributed by atoms with Crippen molar-refractivity contribution in [2.24, 2.45) is 0 Å². The Morgan fingerprint density at radius 3 is 2.30 bits per heavy atom. The van der Waals surface area contributed by atoms with E-state index in [1.165, 1.54) is 4.68 Å². The Bertz CT molecular complexity index is 1090. The molecule has 30 heavy (non-hydrogen) atoms. The number of benzene rings is 2. The number of aliphatic carboxylic acids is 1. The Morgan fingerprint density at radius 1 is 0.900 bits per heavy atom. The fraction of sp³-hybridized carbons (Fsp3) is 0.174. The zero-order valence-corrected chi connectivity index (χ0v) is 16.8. The highest BCUT2D eigenvalue weighted by Gasteiger charge is 2.19. The molecule has 0 spiro atoms. The SMILES string of the molecule is Cc1ccc(NC(=O)C(=O)Nn2c(CCC(=O)O)ccc2-c2ccccc2)cc1C. The normalized spacial score (nSPS) is 10.5. The molecular formula is C23H23N3O4. The van der Waals surface area contributed by atoms with Crippen LogP contribution in [-0.4, -0.2) is 27.6 Å². The first kappa shape index (κ1) is 20.9. The lowest BCUT2D eigenvalue weighted by atomic mass is 10.1. The number of amides is 2. The molecule has 3 rings (SSSR count). The molecule has 2 aromatic carbocycles. The van der Waals surface area contributed by atoms with Gasteiger partial charge in [0.25, 0.3) is 0 Å². The molecule has 0 aliphatic carbocycles. The lowest BCUT2D eigenvalue weighted by molar-refractivity contribution is -0.137. The summed E-state index contributed by atoms with van der Waals surface area (Å²) in [6.07, 6.45) is 0.115. The van der Waals surface area contributed by atoms with Gasteiger partial charge < -0.3 is 10.4 Å². The van der Waals surface area contributed by atoms with E-state index in [0.29, 0.717) is 17.1 Å². The molecule has 1 heterocycles. The number of nitrogens with zero attached hydrogens (tertiary/aromatic N) is 1. The lowest BCUT2D eigenvalue weighted by Gasteiger charge is -2.15. The number of rotatable bonds is 6. The van der Waals surface area contributed by atoms with Gasteiger partial charge in [-0.25, -0.2) is 0 Å². The Hall–Kier alpha value is -3.87. The van der Waals surface area contributed by atoms with Gasteiger partial charge in [-0.3, -0.25) is 24.5 Å². The van der Waals surface area contributed by atoms with Gasteiger partial charge in [0.2, 0.25) is 0 Å². The minimum absolute atomic E-state index is 0.0943. The van der Waals surface area contributed by atoms with E-state index in [4.69, 9.17) is 5.11 Å². The number of anilines is 1. The average Bonchev–Trinajstić information content (AvgIpc) is 3.12. The maximum atomic E-state index is 12.6. The molecule has 3 aromatic rings. The van der Waals surface area contributed by atoms with E-state index in [0.717, 1.165) is 16.7 Å². The molecule has 0 saturated heterocycles.